The number of esters is 1. The summed E-state index contributed by atoms with van der Waals surface area (Å²) in [7, 11) is 1.27. The van der Waals surface area contributed by atoms with Gasteiger partial charge in [0.25, 0.3) is 5.91 Å². The van der Waals surface area contributed by atoms with Gasteiger partial charge in [0.2, 0.25) is 0 Å². The number of benzene rings is 2. The number of halogens is 1. The normalized spacial score (nSPS) is 11.5. The van der Waals surface area contributed by atoms with Crippen molar-refractivity contribution in [2.75, 3.05) is 12.4 Å². The molecule has 24 heavy (non-hydrogen) atoms. The Labute approximate surface area is 139 Å². The SMILES string of the molecule is COC(=O)c1cc(C)ccc1NC(=O)C(C)Oc1cccc(F)c1. The average molecular weight is 331 g/mol. The first-order valence-electron chi connectivity index (χ1n) is 7.32. The van der Waals surface area contributed by atoms with Crippen molar-refractivity contribution in [3.8, 4) is 5.75 Å². The van der Waals surface area contributed by atoms with E-state index in [1.807, 2.05) is 6.92 Å². The zero-order chi connectivity index (χ0) is 17.7. The molecule has 6 heteroatoms. The van der Waals surface area contributed by atoms with Crippen LogP contribution in [-0.4, -0.2) is 25.1 Å². The number of hydrogen-bond acceptors (Lipinski definition) is 4. The highest BCUT2D eigenvalue weighted by Crippen LogP contribution is 2.20. The number of carbonyl (C=O) groups is 2. The van der Waals surface area contributed by atoms with E-state index in [0.29, 0.717) is 5.69 Å². The van der Waals surface area contributed by atoms with Gasteiger partial charge in [-0.3, -0.25) is 4.79 Å². The molecule has 0 aliphatic heterocycles. The summed E-state index contributed by atoms with van der Waals surface area (Å²) in [6.45, 7) is 3.36. The summed E-state index contributed by atoms with van der Waals surface area (Å²) in [5.74, 6) is -1.22. The molecule has 0 aliphatic carbocycles. The van der Waals surface area contributed by atoms with Crippen molar-refractivity contribution in [3.05, 3.63) is 59.4 Å². The molecule has 5 nitrogen and oxygen atoms in total. The van der Waals surface area contributed by atoms with Crippen LogP contribution in [0.1, 0.15) is 22.8 Å². The minimum atomic E-state index is -0.876. The van der Waals surface area contributed by atoms with Gasteiger partial charge in [0, 0.05) is 6.07 Å². The van der Waals surface area contributed by atoms with Gasteiger partial charge in [0.05, 0.1) is 18.4 Å². The summed E-state index contributed by atoms with van der Waals surface area (Å²) in [4.78, 5) is 24.1. The van der Waals surface area contributed by atoms with E-state index in [9.17, 15) is 14.0 Å². The monoisotopic (exact) mass is 331 g/mol. The van der Waals surface area contributed by atoms with E-state index in [4.69, 9.17) is 9.47 Å². The number of ether oxygens (including phenoxy) is 2. The molecule has 0 bridgehead atoms. The van der Waals surface area contributed by atoms with Gasteiger partial charge in [0.15, 0.2) is 6.10 Å². The van der Waals surface area contributed by atoms with Gasteiger partial charge in [-0.25, -0.2) is 9.18 Å². The molecule has 2 aromatic rings. The van der Waals surface area contributed by atoms with Gasteiger partial charge in [-0.1, -0.05) is 17.7 Å². The van der Waals surface area contributed by atoms with Gasteiger partial charge in [-0.15, -0.1) is 0 Å². The molecular weight excluding hydrogens is 313 g/mol. The molecule has 2 rings (SSSR count). The molecule has 1 atom stereocenters. The van der Waals surface area contributed by atoms with E-state index >= 15 is 0 Å². The van der Waals surface area contributed by atoms with Crippen LogP contribution in [0.4, 0.5) is 10.1 Å². The van der Waals surface area contributed by atoms with E-state index < -0.39 is 23.8 Å². The molecule has 0 spiro atoms. The molecular formula is C18H18FNO4. The van der Waals surface area contributed by atoms with Crippen LogP contribution in [-0.2, 0) is 9.53 Å². The molecule has 0 fully saturated rings. The third kappa shape index (κ3) is 4.32. The molecule has 0 saturated heterocycles. The first-order valence-corrected chi connectivity index (χ1v) is 7.32. The van der Waals surface area contributed by atoms with Crippen molar-refractivity contribution in [1.82, 2.24) is 0 Å². The number of methoxy groups -OCH3 is 1. The fourth-order valence-electron chi connectivity index (χ4n) is 2.08. The third-order valence-electron chi connectivity index (χ3n) is 3.32. The number of carbonyl (C=O) groups excluding carboxylic acids is 2. The summed E-state index contributed by atoms with van der Waals surface area (Å²) in [5.41, 5.74) is 1.44. The second kappa shape index (κ2) is 7.59. The molecule has 126 valence electrons. The standard InChI is InChI=1S/C18H18FNO4/c1-11-7-8-16(15(9-11)18(22)23-3)20-17(21)12(2)24-14-6-4-5-13(19)10-14/h4-10,12H,1-3H3,(H,20,21). The summed E-state index contributed by atoms with van der Waals surface area (Å²) in [6.07, 6.45) is -0.876. The summed E-state index contributed by atoms with van der Waals surface area (Å²) in [6, 6.07) is 10.5. The Morgan fingerprint density at radius 1 is 1.17 bits per heavy atom. The van der Waals surface area contributed by atoms with E-state index in [0.717, 1.165) is 5.56 Å². The third-order valence-corrected chi connectivity index (χ3v) is 3.32. The van der Waals surface area contributed by atoms with Gasteiger partial charge < -0.3 is 14.8 Å². The summed E-state index contributed by atoms with van der Waals surface area (Å²) < 4.78 is 23.3. The number of amides is 1. The van der Waals surface area contributed by atoms with Crippen LogP contribution in [0.5, 0.6) is 5.75 Å². The number of hydrogen-bond donors (Lipinski definition) is 1. The lowest BCUT2D eigenvalue weighted by molar-refractivity contribution is -0.122. The second-order valence-corrected chi connectivity index (χ2v) is 5.25. The van der Waals surface area contributed by atoms with Crippen LogP contribution >= 0.6 is 0 Å². The molecule has 1 N–H and O–H groups in total. The Bertz CT molecular complexity index is 760. The smallest absolute Gasteiger partial charge is 0.339 e. The first kappa shape index (κ1) is 17.5. The minimum Gasteiger partial charge on any atom is -0.481 e. The Hall–Kier alpha value is -2.89. The minimum absolute atomic E-state index is 0.245. The lowest BCUT2D eigenvalue weighted by atomic mass is 10.1. The highest BCUT2D eigenvalue weighted by molar-refractivity contribution is 6.02. The largest absolute Gasteiger partial charge is 0.481 e. The van der Waals surface area contributed by atoms with Gasteiger partial charge in [-0.2, -0.15) is 0 Å². The fraction of sp³-hybridized carbons (Fsp3) is 0.222. The van der Waals surface area contributed by atoms with Crippen LogP contribution < -0.4 is 10.1 Å². The predicted octanol–water partition coefficient (Wildman–Crippen LogP) is 3.33. The van der Waals surface area contributed by atoms with E-state index in [-0.39, 0.29) is 11.3 Å². The zero-order valence-corrected chi connectivity index (χ0v) is 13.6. The molecule has 1 unspecified atom stereocenters. The molecule has 0 radical (unpaired) electrons. The van der Waals surface area contributed by atoms with Gasteiger partial charge in [-0.05, 0) is 38.1 Å². The summed E-state index contributed by atoms with van der Waals surface area (Å²) in [5, 5.41) is 2.63. The Morgan fingerprint density at radius 2 is 1.92 bits per heavy atom. The van der Waals surface area contributed by atoms with Gasteiger partial charge >= 0.3 is 5.97 Å². The lowest BCUT2D eigenvalue weighted by Gasteiger charge is -2.16. The maximum absolute atomic E-state index is 13.2. The molecule has 2 aromatic carbocycles. The van der Waals surface area contributed by atoms with Crippen molar-refractivity contribution < 1.29 is 23.5 Å². The maximum Gasteiger partial charge on any atom is 0.339 e. The van der Waals surface area contributed by atoms with Crippen molar-refractivity contribution >= 4 is 17.6 Å². The van der Waals surface area contributed by atoms with E-state index in [1.165, 1.54) is 32.2 Å². The predicted molar refractivity (Wildman–Crippen MR) is 87.6 cm³/mol. The average Bonchev–Trinajstić information content (AvgIpc) is 2.55. The zero-order valence-electron chi connectivity index (χ0n) is 13.6. The number of nitrogens with one attached hydrogen (secondary N) is 1. The van der Waals surface area contributed by atoms with Crippen LogP contribution in [0, 0.1) is 12.7 Å². The molecule has 0 saturated carbocycles. The first-order chi connectivity index (χ1) is 11.4. The van der Waals surface area contributed by atoms with Crippen molar-refractivity contribution in [2.24, 2.45) is 0 Å². The quantitative estimate of drug-likeness (QED) is 0.854. The molecule has 0 aliphatic rings. The lowest BCUT2D eigenvalue weighted by Crippen LogP contribution is -2.30. The van der Waals surface area contributed by atoms with Crippen molar-refractivity contribution in [2.45, 2.75) is 20.0 Å². The maximum atomic E-state index is 13.2. The van der Waals surface area contributed by atoms with E-state index in [1.54, 1.807) is 24.3 Å². The topological polar surface area (TPSA) is 64.6 Å². The van der Waals surface area contributed by atoms with Crippen LogP contribution in [0.3, 0.4) is 0 Å². The van der Waals surface area contributed by atoms with Crippen LogP contribution in [0.25, 0.3) is 0 Å². The number of rotatable bonds is 5. The fourth-order valence-corrected chi connectivity index (χ4v) is 2.08. The van der Waals surface area contributed by atoms with Crippen LogP contribution in [0.2, 0.25) is 0 Å². The number of anilines is 1. The molecule has 1 amide bonds. The van der Waals surface area contributed by atoms with Gasteiger partial charge in [0.1, 0.15) is 11.6 Å². The Morgan fingerprint density at radius 3 is 2.58 bits per heavy atom. The number of aryl methyl sites for hydroxylation is 1. The highest BCUT2D eigenvalue weighted by atomic mass is 19.1. The Kier molecular flexibility index (Phi) is 5.52. The van der Waals surface area contributed by atoms with Crippen molar-refractivity contribution in [3.63, 3.8) is 0 Å². The molecule has 0 aromatic heterocycles. The second-order valence-electron chi connectivity index (χ2n) is 5.25. The van der Waals surface area contributed by atoms with Crippen LogP contribution in [0.15, 0.2) is 42.5 Å². The Balaban J connectivity index is 2.13. The van der Waals surface area contributed by atoms with Crippen molar-refractivity contribution in [1.29, 1.82) is 0 Å². The molecule has 0 heterocycles. The van der Waals surface area contributed by atoms with E-state index in [2.05, 4.69) is 5.32 Å². The summed E-state index contributed by atoms with van der Waals surface area (Å²) >= 11 is 0. The highest BCUT2D eigenvalue weighted by Gasteiger charge is 2.19.